The van der Waals surface area contributed by atoms with Crippen molar-refractivity contribution in [3.8, 4) is 0 Å². The molecule has 0 unspecified atom stereocenters. The number of hydrogen-bond donors (Lipinski definition) is 0. The number of allylic oxidation sites excluding steroid dienone is 4. The molecular formula is C19H14O2. The van der Waals surface area contributed by atoms with Crippen molar-refractivity contribution in [2.45, 2.75) is 0 Å². The Labute approximate surface area is 122 Å². The highest BCUT2D eigenvalue weighted by Crippen LogP contribution is 2.25. The van der Waals surface area contributed by atoms with Crippen molar-refractivity contribution in [2.24, 2.45) is 0 Å². The zero-order chi connectivity index (χ0) is 14.8. The molecule has 0 N–H and O–H groups in total. The van der Waals surface area contributed by atoms with Crippen LogP contribution in [0.4, 0.5) is 0 Å². The van der Waals surface area contributed by atoms with Crippen LogP contribution in [-0.4, -0.2) is 0 Å². The fourth-order valence-corrected chi connectivity index (χ4v) is 2.45. The molecule has 21 heavy (non-hydrogen) atoms. The minimum absolute atomic E-state index is 0.0557. The van der Waals surface area contributed by atoms with Crippen LogP contribution in [0.3, 0.4) is 0 Å². The van der Waals surface area contributed by atoms with Crippen LogP contribution < -0.4 is 5.43 Å². The predicted molar refractivity (Wildman–Crippen MR) is 88.4 cm³/mol. The van der Waals surface area contributed by atoms with Gasteiger partial charge in [0.05, 0.1) is 5.39 Å². The smallest absolute Gasteiger partial charge is 0.193 e. The number of fused-ring (bicyclic) bond motifs is 3. The molecule has 3 rings (SSSR count). The Morgan fingerprint density at radius 3 is 2.67 bits per heavy atom. The monoisotopic (exact) mass is 274 g/mol. The van der Waals surface area contributed by atoms with Gasteiger partial charge in [0.1, 0.15) is 11.3 Å². The first-order valence-electron chi connectivity index (χ1n) is 6.65. The molecule has 0 saturated carbocycles. The minimum Gasteiger partial charge on any atom is -0.456 e. The van der Waals surface area contributed by atoms with E-state index >= 15 is 0 Å². The second-order valence-electron chi connectivity index (χ2n) is 4.70. The maximum atomic E-state index is 12.5. The maximum absolute atomic E-state index is 12.5. The second kappa shape index (κ2) is 5.25. The SMILES string of the molecule is C=C/C=C(\C=C)c1cc(=O)c2c(ccc3ccccc32)o1. The molecule has 0 amide bonds. The Morgan fingerprint density at radius 1 is 1.10 bits per heavy atom. The molecule has 2 heteroatoms. The molecule has 0 bridgehead atoms. The van der Waals surface area contributed by atoms with Crippen molar-refractivity contribution in [3.05, 3.63) is 89.8 Å². The molecule has 0 spiro atoms. The van der Waals surface area contributed by atoms with Gasteiger partial charge in [0.15, 0.2) is 5.43 Å². The zero-order valence-corrected chi connectivity index (χ0v) is 11.5. The van der Waals surface area contributed by atoms with Crippen molar-refractivity contribution in [1.82, 2.24) is 0 Å². The Bertz CT molecular complexity index is 943. The van der Waals surface area contributed by atoms with Gasteiger partial charge in [-0.3, -0.25) is 4.79 Å². The van der Waals surface area contributed by atoms with Crippen LogP contribution in [0.2, 0.25) is 0 Å². The topological polar surface area (TPSA) is 30.2 Å². The third-order valence-corrected chi connectivity index (χ3v) is 3.42. The van der Waals surface area contributed by atoms with Crippen molar-refractivity contribution >= 4 is 27.3 Å². The van der Waals surface area contributed by atoms with Gasteiger partial charge in [-0.05, 0) is 16.8 Å². The van der Waals surface area contributed by atoms with E-state index in [9.17, 15) is 4.79 Å². The van der Waals surface area contributed by atoms with Gasteiger partial charge < -0.3 is 4.42 Å². The van der Waals surface area contributed by atoms with E-state index in [1.54, 1.807) is 18.2 Å². The van der Waals surface area contributed by atoms with E-state index in [0.717, 1.165) is 16.3 Å². The van der Waals surface area contributed by atoms with E-state index in [0.29, 0.717) is 16.7 Å². The average Bonchev–Trinajstić information content (AvgIpc) is 2.51. The molecule has 1 aromatic heterocycles. The molecular weight excluding hydrogens is 260 g/mol. The predicted octanol–water partition coefficient (Wildman–Crippen LogP) is 4.70. The number of hydrogen-bond acceptors (Lipinski definition) is 2. The largest absolute Gasteiger partial charge is 0.456 e. The first kappa shape index (κ1) is 13.1. The van der Waals surface area contributed by atoms with Crippen LogP contribution in [0.5, 0.6) is 0 Å². The quantitative estimate of drug-likeness (QED) is 0.512. The third kappa shape index (κ3) is 2.21. The normalized spacial score (nSPS) is 11.7. The summed E-state index contributed by atoms with van der Waals surface area (Å²) >= 11 is 0. The molecule has 102 valence electrons. The second-order valence-corrected chi connectivity index (χ2v) is 4.70. The molecule has 0 aliphatic rings. The summed E-state index contributed by atoms with van der Waals surface area (Å²) in [6.45, 7) is 7.39. The summed E-state index contributed by atoms with van der Waals surface area (Å²) < 4.78 is 5.87. The Morgan fingerprint density at radius 2 is 1.90 bits per heavy atom. The van der Waals surface area contributed by atoms with Crippen molar-refractivity contribution in [1.29, 1.82) is 0 Å². The van der Waals surface area contributed by atoms with Gasteiger partial charge in [-0.15, -0.1) is 0 Å². The highest BCUT2D eigenvalue weighted by molar-refractivity contribution is 6.05. The highest BCUT2D eigenvalue weighted by atomic mass is 16.3. The van der Waals surface area contributed by atoms with E-state index in [4.69, 9.17) is 4.42 Å². The zero-order valence-electron chi connectivity index (χ0n) is 11.5. The Hall–Kier alpha value is -2.87. The van der Waals surface area contributed by atoms with Gasteiger partial charge >= 0.3 is 0 Å². The van der Waals surface area contributed by atoms with Crippen LogP contribution in [0.25, 0.3) is 27.3 Å². The first-order valence-corrected chi connectivity index (χ1v) is 6.65. The van der Waals surface area contributed by atoms with Gasteiger partial charge in [-0.2, -0.15) is 0 Å². The van der Waals surface area contributed by atoms with E-state index in [2.05, 4.69) is 13.2 Å². The molecule has 1 heterocycles. The summed E-state index contributed by atoms with van der Waals surface area (Å²) in [5.74, 6) is 0.498. The van der Waals surface area contributed by atoms with Crippen LogP contribution in [-0.2, 0) is 0 Å². The molecule has 0 saturated heterocycles. The lowest BCUT2D eigenvalue weighted by atomic mass is 10.0. The lowest BCUT2D eigenvalue weighted by molar-refractivity contribution is 0.588. The minimum atomic E-state index is -0.0557. The molecule has 2 aromatic carbocycles. The molecule has 2 nitrogen and oxygen atoms in total. The van der Waals surface area contributed by atoms with Crippen LogP contribution >= 0.6 is 0 Å². The van der Waals surface area contributed by atoms with E-state index in [1.165, 1.54) is 6.07 Å². The molecule has 0 aliphatic carbocycles. The van der Waals surface area contributed by atoms with Gasteiger partial charge in [-0.25, -0.2) is 0 Å². The van der Waals surface area contributed by atoms with Gasteiger partial charge in [0.25, 0.3) is 0 Å². The van der Waals surface area contributed by atoms with Gasteiger partial charge in [-0.1, -0.05) is 61.7 Å². The molecule has 0 aliphatic heterocycles. The lowest BCUT2D eigenvalue weighted by Gasteiger charge is -2.06. The number of benzene rings is 2. The molecule has 0 fully saturated rings. The Kier molecular flexibility index (Phi) is 3.28. The van der Waals surface area contributed by atoms with Gasteiger partial charge in [0.2, 0.25) is 0 Å². The summed E-state index contributed by atoms with van der Waals surface area (Å²) in [6, 6.07) is 13.1. The standard InChI is InChI=1S/C19H14O2/c1-3-7-13(4-2)18-12-16(20)19-15-9-6-5-8-14(15)10-11-17(19)21-18/h3-12H,1-2H2/b13-7+. The fourth-order valence-electron chi connectivity index (χ4n) is 2.45. The summed E-state index contributed by atoms with van der Waals surface area (Å²) in [5.41, 5.74) is 1.25. The highest BCUT2D eigenvalue weighted by Gasteiger charge is 2.09. The lowest BCUT2D eigenvalue weighted by Crippen LogP contribution is -2.02. The third-order valence-electron chi connectivity index (χ3n) is 3.42. The summed E-state index contributed by atoms with van der Waals surface area (Å²) in [6.07, 6.45) is 5.05. The summed E-state index contributed by atoms with van der Waals surface area (Å²) in [4.78, 5) is 12.5. The van der Waals surface area contributed by atoms with Crippen molar-refractivity contribution in [2.75, 3.05) is 0 Å². The van der Waals surface area contributed by atoms with Crippen molar-refractivity contribution < 1.29 is 4.42 Å². The van der Waals surface area contributed by atoms with E-state index in [1.807, 2.05) is 36.4 Å². The van der Waals surface area contributed by atoms with Gasteiger partial charge in [0, 0.05) is 11.6 Å². The molecule has 3 aromatic rings. The summed E-state index contributed by atoms with van der Waals surface area (Å²) in [7, 11) is 0. The maximum Gasteiger partial charge on any atom is 0.193 e. The van der Waals surface area contributed by atoms with Crippen molar-refractivity contribution in [3.63, 3.8) is 0 Å². The average molecular weight is 274 g/mol. The van der Waals surface area contributed by atoms with Crippen LogP contribution in [0, 0.1) is 0 Å². The van der Waals surface area contributed by atoms with Crippen LogP contribution in [0.15, 0.2) is 83.1 Å². The summed E-state index contributed by atoms with van der Waals surface area (Å²) in [5, 5.41) is 2.54. The van der Waals surface area contributed by atoms with E-state index < -0.39 is 0 Å². The Balaban J connectivity index is 2.39. The van der Waals surface area contributed by atoms with E-state index in [-0.39, 0.29) is 5.43 Å². The molecule has 0 atom stereocenters. The number of rotatable bonds is 3. The fraction of sp³-hybridized carbons (Fsp3) is 0. The first-order chi connectivity index (χ1) is 10.2. The molecule has 0 radical (unpaired) electrons. The van der Waals surface area contributed by atoms with Crippen LogP contribution in [0.1, 0.15) is 5.76 Å².